The summed E-state index contributed by atoms with van der Waals surface area (Å²) >= 11 is 5.94. The van der Waals surface area contributed by atoms with Crippen molar-refractivity contribution in [2.24, 2.45) is 0 Å². The Labute approximate surface area is 141 Å². The molecule has 0 saturated carbocycles. The van der Waals surface area contributed by atoms with Crippen LogP contribution in [0.1, 0.15) is 15.9 Å². The van der Waals surface area contributed by atoms with Crippen LogP contribution < -0.4 is 4.90 Å². The molecule has 0 aromatic heterocycles. The fraction of sp³-hybridized carbons (Fsp3) is 0.0500. The molecule has 0 aliphatic heterocycles. The van der Waals surface area contributed by atoms with Gasteiger partial charge in [0, 0.05) is 16.3 Å². The van der Waals surface area contributed by atoms with Gasteiger partial charge in [0.1, 0.15) is 0 Å². The quantitative estimate of drug-likeness (QED) is 0.647. The highest BCUT2D eigenvalue weighted by atomic mass is 35.5. The number of rotatable bonds is 4. The Balaban J connectivity index is 1.94. The third-order valence-corrected chi connectivity index (χ3v) is 3.84. The molecule has 3 rings (SSSR count). The van der Waals surface area contributed by atoms with E-state index in [9.17, 15) is 4.79 Å². The summed E-state index contributed by atoms with van der Waals surface area (Å²) in [6, 6.07) is 26.6. The molecule has 3 heteroatoms. The van der Waals surface area contributed by atoms with Gasteiger partial charge < -0.3 is 4.90 Å². The predicted molar refractivity (Wildman–Crippen MR) is 94.8 cm³/mol. The molecule has 3 aromatic carbocycles. The second kappa shape index (κ2) is 7.12. The van der Waals surface area contributed by atoms with Crippen molar-refractivity contribution in [3.8, 4) is 0 Å². The van der Waals surface area contributed by atoms with Gasteiger partial charge in [0.05, 0.1) is 6.54 Å². The molecule has 0 fully saturated rings. The van der Waals surface area contributed by atoms with Crippen LogP contribution in [0.5, 0.6) is 0 Å². The number of carbonyl (C=O) groups is 1. The number of nitrogens with zero attached hydrogens (tertiary/aromatic N) is 1. The SMILES string of the molecule is O=C(c1ccccc1)N(Cc1ccc(Cl)cc1)c1ccccc1. The molecule has 0 saturated heterocycles. The molecule has 1 amide bonds. The van der Waals surface area contributed by atoms with E-state index in [1.807, 2.05) is 84.9 Å². The molecule has 23 heavy (non-hydrogen) atoms. The minimum atomic E-state index is -0.0215. The van der Waals surface area contributed by atoms with Gasteiger partial charge in [-0.05, 0) is 42.0 Å². The molecule has 114 valence electrons. The van der Waals surface area contributed by atoms with Gasteiger partial charge in [-0.25, -0.2) is 0 Å². The van der Waals surface area contributed by atoms with Crippen molar-refractivity contribution in [2.75, 3.05) is 4.90 Å². The first-order valence-electron chi connectivity index (χ1n) is 7.40. The van der Waals surface area contributed by atoms with E-state index in [1.54, 1.807) is 4.90 Å². The van der Waals surface area contributed by atoms with Crippen LogP contribution in [-0.4, -0.2) is 5.91 Å². The van der Waals surface area contributed by atoms with E-state index in [1.165, 1.54) is 0 Å². The van der Waals surface area contributed by atoms with Crippen molar-refractivity contribution in [2.45, 2.75) is 6.54 Å². The standard InChI is InChI=1S/C20H16ClNO/c21-18-13-11-16(12-14-18)15-22(19-9-5-2-6-10-19)20(23)17-7-3-1-4-8-17/h1-14H,15H2. The van der Waals surface area contributed by atoms with Crippen molar-refractivity contribution in [3.05, 3.63) is 101 Å². The number of amides is 1. The second-order valence-corrected chi connectivity index (χ2v) is 5.66. The van der Waals surface area contributed by atoms with Crippen LogP contribution in [0.4, 0.5) is 5.69 Å². The van der Waals surface area contributed by atoms with E-state index in [0.29, 0.717) is 17.1 Å². The molecule has 0 N–H and O–H groups in total. The Morgan fingerprint density at radius 3 is 1.96 bits per heavy atom. The van der Waals surface area contributed by atoms with E-state index in [0.717, 1.165) is 11.3 Å². The molecular formula is C20H16ClNO. The van der Waals surface area contributed by atoms with Gasteiger partial charge in [0.2, 0.25) is 0 Å². The summed E-state index contributed by atoms with van der Waals surface area (Å²) in [7, 11) is 0. The average Bonchev–Trinajstić information content (AvgIpc) is 2.62. The Morgan fingerprint density at radius 2 is 1.35 bits per heavy atom. The summed E-state index contributed by atoms with van der Waals surface area (Å²) in [5, 5.41) is 0.689. The Bertz CT molecular complexity index is 770. The minimum absolute atomic E-state index is 0.0215. The zero-order chi connectivity index (χ0) is 16.1. The lowest BCUT2D eigenvalue weighted by Crippen LogP contribution is -2.30. The maximum Gasteiger partial charge on any atom is 0.258 e. The van der Waals surface area contributed by atoms with Crippen molar-refractivity contribution in [1.29, 1.82) is 0 Å². The number of benzene rings is 3. The molecule has 0 atom stereocenters. The van der Waals surface area contributed by atoms with Crippen LogP contribution in [0.3, 0.4) is 0 Å². The van der Waals surface area contributed by atoms with Gasteiger partial charge in [-0.2, -0.15) is 0 Å². The molecule has 0 radical (unpaired) electrons. The summed E-state index contributed by atoms with van der Waals surface area (Å²) < 4.78 is 0. The zero-order valence-electron chi connectivity index (χ0n) is 12.5. The van der Waals surface area contributed by atoms with Crippen LogP contribution >= 0.6 is 11.6 Å². The third-order valence-electron chi connectivity index (χ3n) is 3.59. The first-order valence-corrected chi connectivity index (χ1v) is 7.78. The number of hydrogen-bond acceptors (Lipinski definition) is 1. The molecule has 3 aromatic rings. The van der Waals surface area contributed by atoms with Crippen LogP contribution in [0.15, 0.2) is 84.9 Å². The predicted octanol–water partition coefficient (Wildman–Crippen LogP) is 5.19. The van der Waals surface area contributed by atoms with Crippen molar-refractivity contribution in [1.82, 2.24) is 0 Å². The molecular weight excluding hydrogens is 306 g/mol. The van der Waals surface area contributed by atoms with E-state index < -0.39 is 0 Å². The van der Waals surface area contributed by atoms with Gasteiger partial charge in [0.25, 0.3) is 5.91 Å². The largest absolute Gasteiger partial charge is 0.304 e. The van der Waals surface area contributed by atoms with Crippen LogP contribution in [0, 0.1) is 0 Å². The molecule has 0 bridgehead atoms. The van der Waals surface area contributed by atoms with Gasteiger partial charge in [-0.15, -0.1) is 0 Å². The van der Waals surface area contributed by atoms with Gasteiger partial charge in [-0.3, -0.25) is 4.79 Å². The first kappa shape index (κ1) is 15.3. The lowest BCUT2D eigenvalue weighted by atomic mass is 10.1. The summed E-state index contributed by atoms with van der Waals surface area (Å²) in [4.78, 5) is 14.7. The number of para-hydroxylation sites is 1. The van der Waals surface area contributed by atoms with E-state index in [-0.39, 0.29) is 5.91 Å². The number of hydrogen-bond donors (Lipinski definition) is 0. The van der Waals surface area contributed by atoms with Crippen LogP contribution in [0.25, 0.3) is 0 Å². The fourth-order valence-corrected chi connectivity index (χ4v) is 2.52. The summed E-state index contributed by atoms with van der Waals surface area (Å²) in [6.45, 7) is 0.495. The number of anilines is 1. The normalized spacial score (nSPS) is 10.3. The van der Waals surface area contributed by atoms with Crippen LogP contribution in [-0.2, 0) is 6.54 Å². The molecule has 0 aliphatic rings. The summed E-state index contributed by atoms with van der Waals surface area (Å²) in [5.41, 5.74) is 2.57. The molecule has 0 spiro atoms. The van der Waals surface area contributed by atoms with Crippen LogP contribution in [0.2, 0.25) is 5.02 Å². The maximum absolute atomic E-state index is 12.9. The fourth-order valence-electron chi connectivity index (χ4n) is 2.40. The van der Waals surface area contributed by atoms with Gasteiger partial charge in [-0.1, -0.05) is 60.1 Å². The summed E-state index contributed by atoms with van der Waals surface area (Å²) in [6.07, 6.45) is 0. The average molecular weight is 322 g/mol. The second-order valence-electron chi connectivity index (χ2n) is 5.22. The van der Waals surface area contributed by atoms with E-state index in [2.05, 4.69) is 0 Å². The minimum Gasteiger partial charge on any atom is -0.304 e. The smallest absolute Gasteiger partial charge is 0.258 e. The third kappa shape index (κ3) is 3.79. The van der Waals surface area contributed by atoms with Crippen molar-refractivity contribution >= 4 is 23.2 Å². The van der Waals surface area contributed by atoms with E-state index >= 15 is 0 Å². The molecule has 0 aliphatic carbocycles. The maximum atomic E-state index is 12.9. The van der Waals surface area contributed by atoms with Gasteiger partial charge >= 0.3 is 0 Å². The Kier molecular flexibility index (Phi) is 4.74. The number of carbonyl (C=O) groups excluding carboxylic acids is 1. The summed E-state index contributed by atoms with van der Waals surface area (Å²) in [5.74, 6) is -0.0215. The zero-order valence-corrected chi connectivity index (χ0v) is 13.3. The van der Waals surface area contributed by atoms with E-state index in [4.69, 9.17) is 11.6 Å². The Morgan fingerprint density at radius 1 is 0.783 bits per heavy atom. The lowest BCUT2D eigenvalue weighted by Gasteiger charge is -2.23. The molecule has 0 unspecified atom stereocenters. The first-order chi connectivity index (χ1) is 11.2. The van der Waals surface area contributed by atoms with Crippen molar-refractivity contribution < 1.29 is 4.79 Å². The highest BCUT2D eigenvalue weighted by Crippen LogP contribution is 2.21. The topological polar surface area (TPSA) is 20.3 Å². The lowest BCUT2D eigenvalue weighted by molar-refractivity contribution is 0.0985. The molecule has 0 heterocycles. The number of halogens is 1. The monoisotopic (exact) mass is 321 g/mol. The highest BCUT2D eigenvalue weighted by molar-refractivity contribution is 6.30. The molecule has 2 nitrogen and oxygen atoms in total. The van der Waals surface area contributed by atoms with Gasteiger partial charge in [0.15, 0.2) is 0 Å². The highest BCUT2D eigenvalue weighted by Gasteiger charge is 2.17. The Hall–Kier alpha value is -2.58. The van der Waals surface area contributed by atoms with Crippen molar-refractivity contribution in [3.63, 3.8) is 0 Å².